The Morgan fingerprint density at radius 2 is 1.75 bits per heavy atom. The Bertz CT molecular complexity index is 1870. The second kappa shape index (κ2) is 17.2. The summed E-state index contributed by atoms with van der Waals surface area (Å²) in [4.78, 5) is 77.7. The second-order valence-corrected chi connectivity index (χ2v) is 14.3. The van der Waals surface area contributed by atoms with E-state index < -0.39 is 23.9 Å². The molecule has 4 N–H and O–H groups in total. The Morgan fingerprint density at radius 1 is 0.961 bits per heavy atom. The van der Waals surface area contributed by atoms with Crippen LogP contribution in [-0.4, -0.2) is 87.2 Å². The summed E-state index contributed by atoms with van der Waals surface area (Å²) >= 11 is 1.43. The number of rotatable bonds is 6. The van der Waals surface area contributed by atoms with Crippen molar-refractivity contribution in [1.29, 1.82) is 0 Å². The van der Waals surface area contributed by atoms with Crippen LogP contribution in [0.3, 0.4) is 0 Å². The van der Waals surface area contributed by atoms with Gasteiger partial charge >= 0.3 is 0 Å². The fourth-order valence-electron chi connectivity index (χ4n) is 5.99. The summed E-state index contributed by atoms with van der Waals surface area (Å²) in [5.41, 5.74) is 3.42. The van der Waals surface area contributed by atoms with Gasteiger partial charge in [0.2, 0.25) is 23.6 Å². The summed E-state index contributed by atoms with van der Waals surface area (Å²) in [6.45, 7) is 8.39. The highest BCUT2D eigenvalue weighted by atomic mass is 32.1. The highest BCUT2D eigenvalue weighted by Gasteiger charge is 2.27. The molecule has 0 saturated carbocycles. The van der Waals surface area contributed by atoms with Crippen molar-refractivity contribution in [2.45, 2.75) is 72.0 Å². The summed E-state index contributed by atoms with van der Waals surface area (Å²) < 4.78 is 2.10. The first-order valence-corrected chi connectivity index (χ1v) is 18.2. The van der Waals surface area contributed by atoms with Gasteiger partial charge in [-0.3, -0.25) is 24.0 Å². The first-order valence-electron chi connectivity index (χ1n) is 17.3. The molecule has 5 rings (SSSR count). The standard InChI is InChI=1S/C37H46N8O5S/c1-23(2)17-32-42-29-12-11-27-19-31(29)45(32)15-8-13-38-35(48)24(3)40-37(50)30(18-26-9-6-5-7-10-26)43-33(46)21-44(16-14-39-36(27)49)34(47)20-28-22-51-25(4)41-28/h5-7,9-12,19,22-24,30H,8,13-18,20-21H2,1-4H3,(H,38,48)(H,39,49)(H,40,50)(H,43,46)/t24-,30+/m1/s1. The van der Waals surface area contributed by atoms with Gasteiger partial charge in [0.05, 0.1) is 34.7 Å². The maximum absolute atomic E-state index is 13.6. The Labute approximate surface area is 301 Å². The average molecular weight is 715 g/mol. The largest absolute Gasteiger partial charge is 0.354 e. The van der Waals surface area contributed by atoms with Crippen molar-refractivity contribution < 1.29 is 24.0 Å². The lowest BCUT2D eigenvalue weighted by Crippen LogP contribution is -2.55. The van der Waals surface area contributed by atoms with Crippen LogP contribution in [0.15, 0.2) is 53.9 Å². The fraction of sp³-hybridized carbons (Fsp3) is 0.432. The summed E-state index contributed by atoms with van der Waals surface area (Å²) in [5, 5.41) is 14.0. The number of imidazole rings is 1. The van der Waals surface area contributed by atoms with E-state index in [0.29, 0.717) is 36.7 Å². The van der Waals surface area contributed by atoms with Gasteiger partial charge in [0, 0.05) is 50.0 Å². The maximum Gasteiger partial charge on any atom is 0.251 e. The topological polar surface area (TPSA) is 167 Å². The van der Waals surface area contributed by atoms with Crippen LogP contribution in [0, 0.1) is 12.8 Å². The zero-order valence-corrected chi connectivity index (χ0v) is 30.3. The van der Waals surface area contributed by atoms with Crippen molar-refractivity contribution in [3.05, 3.63) is 81.6 Å². The maximum atomic E-state index is 13.6. The van der Waals surface area contributed by atoms with Crippen LogP contribution < -0.4 is 21.3 Å². The van der Waals surface area contributed by atoms with Gasteiger partial charge in [-0.05, 0) is 49.9 Å². The minimum Gasteiger partial charge on any atom is -0.354 e. The zero-order valence-electron chi connectivity index (χ0n) is 29.5. The summed E-state index contributed by atoms with van der Waals surface area (Å²) in [6, 6.07) is 12.7. The van der Waals surface area contributed by atoms with E-state index >= 15 is 0 Å². The van der Waals surface area contributed by atoms with Crippen LogP contribution in [0.1, 0.15) is 59.6 Å². The van der Waals surface area contributed by atoms with E-state index in [1.807, 2.05) is 49.4 Å². The van der Waals surface area contributed by atoms with Crippen molar-refractivity contribution in [3.63, 3.8) is 0 Å². The summed E-state index contributed by atoms with van der Waals surface area (Å²) in [7, 11) is 0. The van der Waals surface area contributed by atoms with Crippen molar-refractivity contribution >= 4 is 51.9 Å². The number of aromatic nitrogens is 3. The number of hydrogen-bond acceptors (Lipinski definition) is 8. The molecule has 0 spiro atoms. The molecule has 3 heterocycles. The van der Waals surface area contributed by atoms with Gasteiger partial charge in [0.25, 0.3) is 5.91 Å². The molecule has 51 heavy (non-hydrogen) atoms. The molecule has 1 aliphatic heterocycles. The molecule has 0 unspecified atom stereocenters. The molecule has 0 radical (unpaired) electrons. The zero-order chi connectivity index (χ0) is 36.5. The second-order valence-electron chi connectivity index (χ2n) is 13.3. The molecular formula is C37H46N8O5S. The number of nitrogens with zero attached hydrogens (tertiary/aromatic N) is 4. The minimum atomic E-state index is -1.02. The molecule has 2 aromatic heterocycles. The third kappa shape index (κ3) is 10.2. The minimum absolute atomic E-state index is 0.0223. The van der Waals surface area contributed by atoms with E-state index in [-0.39, 0.29) is 50.2 Å². The third-order valence-corrected chi connectivity index (χ3v) is 9.40. The molecule has 1 aliphatic rings. The molecule has 5 amide bonds. The van der Waals surface area contributed by atoms with E-state index in [1.165, 1.54) is 16.2 Å². The van der Waals surface area contributed by atoms with Crippen LogP contribution in [0.2, 0.25) is 0 Å². The number of nitrogens with one attached hydrogen (secondary N) is 4. The van der Waals surface area contributed by atoms with Crippen LogP contribution >= 0.6 is 11.3 Å². The van der Waals surface area contributed by atoms with Crippen LogP contribution in [0.4, 0.5) is 0 Å². The van der Waals surface area contributed by atoms with Gasteiger partial charge in [0.1, 0.15) is 17.9 Å². The van der Waals surface area contributed by atoms with Gasteiger partial charge in [0.15, 0.2) is 0 Å². The lowest BCUT2D eigenvalue weighted by Gasteiger charge is -2.25. The molecule has 4 aromatic rings. The number of thiazole rings is 1. The molecule has 2 bridgehead atoms. The predicted molar refractivity (Wildman–Crippen MR) is 195 cm³/mol. The van der Waals surface area contributed by atoms with E-state index in [9.17, 15) is 24.0 Å². The Morgan fingerprint density at radius 3 is 2.47 bits per heavy atom. The van der Waals surface area contributed by atoms with Crippen molar-refractivity contribution in [1.82, 2.24) is 40.7 Å². The van der Waals surface area contributed by atoms with Gasteiger partial charge in [-0.25, -0.2) is 9.97 Å². The number of fused-ring (bicyclic) bond motifs is 1. The van der Waals surface area contributed by atoms with Crippen molar-refractivity contribution in [2.75, 3.05) is 26.2 Å². The molecule has 13 nitrogen and oxygen atoms in total. The van der Waals surface area contributed by atoms with Crippen molar-refractivity contribution in [3.8, 4) is 0 Å². The average Bonchev–Trinajstić information content (AvgIpc) is 3.66. The summed E-state index contributed by atoms with van der Waals surface area (Å²) in [6.07, 6.45) is 1.49. The highest BCUT2D eigenvalue weighted by Crippen LogP contribution is 2.21. The van der Waals surface area contributed by atoms with Gasteiger partial charge < -0.3 is 30.7 Å². The first-order chi connectivity index (χ1) is 24.5. The fourth-order valence-corrected chi connectivity index (χ4v) is 6.61. The molecular weight excluding hydrogens is 669 g/mol. The number of amides is 5. The summed E-state index contributed by atoms with van der Waals surface area (Å²) in [5.74, 6) is -0.859. The first kappa shape index (κ1) is 37.2. The molecule has 0 saturated heterocycles. The van der Waals surface area contributed by atoms with Crippen molar-refractivity contribution in [2.24, 2.45) is 5.92 Å². The third-order valence-electron chi connectivity index (χ3n) is 8.58. The van der Waals surface area contributed by atoms with E-state index in [1.54, 1.807) is 18.4 Å². The van der Waals surface area contributed by atoms with Crippen LogP contribution in [0.5, 0.6) is 0 Å². The highest BCUT2D eigenvalue weighted by molar-refractivity contribution is 7.09. The molecule has 2 atom stereocenters. The Hall–Kier alpha value is -5.11. The van der Waals surface area contributed by atoms with E-state index in [2.05, 4.69) is 44.7 Å². The Kier molecular flexibility index (Phi) is 12.5. The monoisotopic (exact) mass is 714 g/mol. The SMILES string of the molecule is Cc1nc(CC(=O)N2CCNC(=O)c3ccc4nc(CC(C)C)n(c4c3)CCCNC(=O)[C@@H](C)NC(=O)[C@H](Cc3ccccc3)NC(=O)C2)cs1. The number of carbonyl (C=O) groups excluding carboxylic acids is 5. The molecule has 0 aliphatic carbocycles. The number of carbonyl (C=O) groups is 5. The van der Waals surface area contributed by atoms with Crippen LogP contribution in [-0.2, 0) is 45.0 Å². The van der Waals surface area contributed by atoms with Crippen LogP contribution in [0.25, 0.3) is 11.0 Å². The van der Waals surface area contributed by atoms with E-state index in [0.717, 1.165) is 33.8 Å². The normalized spacial score (nSPS) is 18.6. The van der Waals surface area contributed by atoms with Gasteiger partial charge in [-0.2, -0.15) is 0 Å². The number of benzene rings is 2. The molecule has 0 fully saturated rings. The van der Waals surface area contributed by atoms with Gasteiger partial charge in [-0.15, -0.1) is 11.3 Å². The lowest BCUT2D eigenvalue weighted by molar-refractivity contribution is -0.137. The lowest BCUT2D eigenvalue weighted by atomic mass is 10.0. The molecule has 270 valence electrons. The number of aryl methyl sites for hydroxylation is 2. The number of hydrogen-bond donors (Lipinski definition) is 4. The predicted octanol–water partition coefficient (Wildman–Crippen LogP) is 2.55. The molecule has 2 aromatic carbocycles. The van der Waals surface area contributed by atoms with E-state index in [4.69, 9.17) is 4.98 Å². The Balaban J connectivity index is 1.42. The quantitative estimate of drug-likeness (QED) is 0.238. The molecule has 14 heteroatoms. The smallest absolute Gasteiger partial charge is 0.251 e. The van der Waals surface area contributed by atoms with Gasteiger partial charge in [-0.1, -0.05) is 44.2 Å².